The number of thiophene rings is 1. The summed E-state index contributed by atoms with van der Waals surface area (Å²) in [7, 11) is 1.84. The number of rotatable bonds is 7. The smallest absolute Gasteiger partial charge is 0.274 e. The second-order valence-corrected chi connectivity index (χ2v) is 10.2. The summed E-state index contributed by atoms with van der Waals surface area (Å²) in [4.78, 5) is 43.3. The number of fused-ring (bicyclic) bond motifs is 1. The largest absolute Gasteiger partial charge is 0.378 e. The molecule has 10 heteroatoms. The summed E-state index contributed by atoms with van der Waals surface area (Å²) in [6, 6.07) is 3.95. The molecule has 1 unspecified atom stereocenters. The SMILES string of the molecule is CC(C)C(NC(=O)CCC(=O)N1CCc2c(c(C(=O)N3CCOCC3)nn2C)C1)c1cccs1. The van der Waals surface area contributed by atoms with Gasteiger partial charge in [-0.2, -0.15) is 5.10 Å². The van der Waals surface area contributed by atoms with E-state index in [1.165, 1.54) is 0 Å². The van der Waals surface area contributed by atoms with E-state index in [2.05, 4.69) is 24.3 Å². The van der Waals surface area contributed by atoms with Gasteiger partial charge in [0, 0.05) is 68.6 Å². The monoisotopic (exact) mass is 487 g/mol. The fraction of sp³-hybridized carbons (Fsp3) is 0.583. The highest BCUT2D eigenvalue weighted by Gasteiger charge is 2.32. The van der Waals surface area contributed by atoms with Crippen molar-refractivity contribution in [3.8, 4) is 0 Å². The molecule has 0 radical (unpaired) electrons. The maximum Gasteiger partial charge on any atom is 0.274 e. The minimum absolute atomic E-state index is 0.0516. The number of ether oxygens (including phenoxy) is 1. The van der Waals surface area contributed by atoms with Gasteiger partial charge in [0.2, 0.25) is 11.8 Å². The lowest BCUT2D eigenvalue weighted by Gasteiger charge is -2.29. The molecule has 3 amide bonds. The molecule has 2 aromatic heterocycles. The first-order valence-corrected chi connectivity index (χ1v) is 12.8. The zero-order valence-corrected chi connectivity index (χ0v) is 20.9. The molecule has 4 rings (SSSR count). The molecular formula is C24H33N5O4S. The van der Waals surface area contributed by atoms with Crippen LogP contribution in [0.5, 0.6) is 0 Å². The number of hydrogen-bond donors (Lipinski definition) is 1. The Labute approximate surface area is 204 Å². The van der Waals surface area contributed by atoms with E-state index in [0.717, 1.165) is 16.1 Å². The summed E-state index contributed by atoms with van der Waals surface area (Å²) >= 11 is 1.62. The quantitative estimate of drug-likeness (QED) is 0.645. The molecule has 34 heavy (non-hydrogen) atoms. The maximum absolute atomic E-state index is 13.1. The van der Waals surface area contributed by atoms with Gasteiger partial charge in [0.1, 0.15) is 0 Å². The molecule has 1 fully saturated rings. The van der Waals surface area contributed by atoms with Gasteiger partial charge in [-0.1, -0.05) is 19.9 Å². The topological polar surface area (TPSA) is 96.8 Å². The van der Waals surface area contributed by atoms with Gasteiger partial charge < -0.3 is 19.9 Å². The molecule has 2 aliphatic rings. The van der Waals surface area contributed by atoms with E-state index in [-0.39, 0.29) is 42.5 Å². The number of carbonyl (C=O) groups is 3. The number of amides is 3. The summed E-state index contributed by atoms with van der Waals surface area (Å²) in [5.74, 6) is -0.0525. The first-order valence-electron chi connectivity index (χ1n) is 11.9. The molecule has 2 aliphatic heterocycles. The number of nitrogens with one attached hydrogen (secondary N) is 1. The van der Waals surface area contributed by atoms with Crippen LogP contribution >= 0.6 is 11.3 Å². The third-order valence-corrected chi connectivity index (χ3v) is 7.45. The standard InChI is InChI=1S/C24H33N5O4S/c1-16(2)22(19-5-4-14-34-19)25-20(30)6-7-21(31)29-9-8-18-17(15-29)23(26-27(18)3)24(32)28-10-12-33-13-11-28/h4-5,14,16,22H,6-13,15H2,1-3H3,(H,25,30). The van der Waals surface area contributed by atoms with E-state index in [4.69, 9.17) is 4.74 Å². The number of nitrogens with zero attached hydrogens (tertiary/aromatic N) is 4. The van der Waals surface area contributed by atoms with Crippen molar-refractivity contribution in [2.75, 3.05) is 32.8 Å². The normalized spacial score (nSPS) is 16.9. The van der Waals surface area contributed by atoms with E-state index in [0.29, 0.717) is 51.5 Å². The van der Waals surface area contributed by atoms with Gasteiger partial charge >= 0.3 is 0 Å². The van der Waals surface area contributed by atoms with Crippen molar-refractivity contribution >= 4 is 29.1 Å². The minimum Gasteiger partial charge on any atom is -0.378 e. The van der Waals surface area contributed by atoms with Crippen LogP contribution in [0.3, 0.4) is 0 Å². The maximum atomic E-state index is 13.1. The van der Waals surface area contributed by atoms with Gasteiger partial charge in [0.05, 0.1) is 19.3 Å². The Kier molecular flexibility index (Phi) is 7.67. The molecule has 1 saturated heterocycles. The highest BCUT2D eigenvalue weighted by molar-refractivity contribution is 7.10. The highest BCUT2D eigenvalue weighted by atomic mass is 32.1. The van der Waals surface area contributed by atoms with Crippen LogP contribution < -0.4 is 5.32 Å². The van der Waals surface area contributed by atoms with E-state index >= 15 is 0 Å². The number of aromatic nitrogens is 2. The number of morpholine rings is 1. The molecule has 0 aliphatic carbocycles. The lowest BCUT2D eigenvalue weighted by atomic mass is 10.0. The zero-order valence-electron chi connectivity index (χ0n) is 20.1. The van der Waals surface area contributed by atoms with Crippen LogP contribution in [-0.4, -0.2) is 70.1 Å². The first-order chi connectivity index (χ1) is 16.3. The van der Waals surface area contributed by atoms with Crippen molar-refractivity contribution in [1.29, 1.82) is 0 Å². The van der Waals surface area contributed by atoms with Crippen LogP contribution in [0, 0.1) is 5.92 Å². The Morgan fingerprint density at radius 2 is 1.91 bits per heavy atom. The fourth-order valence-corrected chi connectivity index (χ4v) is 5.50. The first kappa shape index (κ1) is 24.4. The predicted octanol–water partition coefficient (Wildman–Crippen LogP) is 2.13. The van der Waals surface area contributed by atoms with Crippen LogP contribution in [0.1, 0.15) is 59.4 Å². The van der Waals surface area contributed by atoms with Crippen molar-refractivity contribution in [2.45, 2.75) is 45.7 Å². The lowest BCUT2D eigenvalue weighted by Crippen LogP contribution is -2.42. The van der Waals surface area contributed by atoms with Gasteiger partial charge in [0.15, 0.2) is 5.69 Å². The van der Waals surface area contributed by atoms with E-state index < -0.39 is 0 Å². The fourth-order valence-electron chi connectivity index (χ4n) is 4.55. The Balaban J connectivity index is 1.36. The molecule has 0 saturated carbocycles. The third-order valence-electron chi connectivity index (χ3n) is 6.49. The number of hydrogen-bond acceptors (Lipinski definition) is 6. The van der Waals surface area contributed by atoms with Gasteiger partial charge in [-0.3, -0.25) is 19.1 Å². The number of carbonyl (C=O) groups excluding carboxylic acids is 3. The lowest BCUT2D eigenvalue weighted by molar-refractivity contribution is -0.134. The molecule has 0 spiro atoms. The van der Waals surface area contributed by atoms with Crippen LogP contribution in [0.2, 0.25) is 0 Å². The zero-order chi connectivity index (χ0) is 24.2. The Morgan fingerprint density at radius 1 is 1.15 bits per heavy atom. The summed E-state index contributed by atoms with van der Waals surface area (Å²) in [6.07, 6.45) is 0.924. The second kappa shape index (κ2) is 10.7. The van der Waals surface area contributed by atoms with Crippen LogP contribution in [-0.2, 0) is 34.3 Å². The Morgan fingerprint density at radius 3 is 2.59 bits per heavy atom. The summed E-state index contributed by atoms with van der Waals surface area (Å²) in [6.45, 7) is 7.20. The molecule has 0 aromatic carbocycles. The van der Waals surface area contributed by atoms with Gasteiger partial charge in [-0.25, -0.2) is 0 Å². The average molecular weight is 488 g/mol. The van der Waals surface area contributed by atoms with Crippen molar-refractivity contribution in [3.05, 3.63) is 39.3 Å². The number of aryl methyl sites for hydroxylation is 1. The van der Waals surface area contributed by atoms with E-state index in [9.17, 15) is 14.4 Å². The van der Waals surface area contributed by atoms with Crippen molar-refractivity contribution < 1.29 is 19.1 Å². The third kappa shape index (κ3) is 5.33. The summed E-state index contributed by atoms with van der Waals surface area (Å²) in [5.41, 5.74) is 2.24. The van der Waals surface area contributed by atoms with E-state index in [1.54, 1.807) is 25.8 Å². The molecule has 1 atom stereocenters. The van der Waals surface area contributed by atoms with Crippen LogP contribution in [0.25, 0.3) is 0 Å². The molecule has 9 nitrogen and oxygen atoms in total. The average Bonchev–Trinajstić information content (AvgIpc) is 3.49. The summed E-state index contributed by atoms with van der Waals surface area (Å²) in [5, 5.41) is 9.58. The van der Waals surface area contributed by atoms with Gasteiger partial charge in [0.25, 0.3) is 5.91 Å². The van der Waals surface area contributed by atoms with E-state index in [1.807, 2.05) is 24.6 Å². The molecule has 2 aromatic rings. The molecular weight excluding hydrogens is 454 g/mol. The molecule has 1 N–H and O–H groups in total. The van der Waals surface area contributed by atoms with Crippen molar-refractivity contribution in [1.82, 2.24) is 24.9 Å². The van der Waals surface area contributed by atoms with Gasteiger partial charge in [-0.15, -0.1) is 11.3 Å². The summed E-state index contributed by atoms with van der Waals surface area (Å²) < 4.78 is 7.11. The highest BCUT2D eigenvalue weighted by Crippen LogP contribution is 2.27. The second-order valence-electron chi connectivity index (χ2n) is 9.17. The Hall–Kier alpha value is -2.72. The van der Waals surface area contributed by atoms with Gasteiger partial charge in [-0.05, 0) is 17.4 Å². The minimum atomic E-state index is -0.122. The van der Waals surface area contributed by atoms with Crippen LogP contribution in [0.4, 0.5) is 0 Å². The van der Waals surface area contributed by atoms with Crippen molar-refractivity contribution in [2.24, 2.45) is 13.0 Å². The predicted molar refractivity (Wildman–Crippen MR) is 128 cm³/mol. The van der Waals surface area contributed by atoms with Crippen molar-refractivity contribution in [3.63, 3.8) is 0 Å². The molecule has 4 heterocycles. The Bertz CT molecular complexity index is 1030. The molecule has 184 valence electrons. The molecule has 0 bridgehead atoms. The van der Waals surface area contributed by atoms with Crippen LogP contribution in [0.15, 0.2) is 17.5 Å².